The maximum atomic E-state index is 11.4. The summed E-state index contributed by atoms with van der Waals surface area (Å²) in [6, 6.07) is 27.5. The zero-order valence-electron chi connectivity index (χ0n) is 13.4. The second-order valence-corrected chi connectivity index (χ2v) is 6.36. The molecule has 3 N–H and O–H groups in total. The lowest BCUT2D eigenvalue weighted by Crippen LogP contribution is -2.86. The van der Waals surface area contributed by atoms with Gasteiger partial charge < -0.3 is 10.4 Å². The van der Waals surface area contributed by atoms with Crippen molar-refractivity contribution in [1.82, 2.24) is 0 Å². The Morgan fingerprint density at radius 2 is 1.38 bits per heavy atom. The molecular formula is C21H21ClNO+. The van der Waals surface area contributed by atoms with Crippen molar-refractivity contribution in [3.63, 3.8) is 0 Å². The van der Waals surface area contributed by atoms with Gasteiger partial charge in [0.2, 0.25) is 0 Å². The third kappa shape index (κ3) is 3.85. The van der Waals surface area contributed by atoms with Crippen LogP contribution in [-0.2, 0) is 12.1 Å². The smallest absolute Gasteiger partial charge is 0.163 e. The van der Waals surface area contributed by atoms with Crippen LogP contribution in [0.25, 0.3) is 0 Å². The second kappa shape index (κ2) is 7.63. The third-order valence-electron chi connectivity index (χ3n) is 4.21. The Hall–Kier alpha value is -2.13. The SMILES string of the molecule is OC(C[NH2+]Cc1cccc(Cl)c1)(c1ccccc1)c1ccccc1. The summed E-state index contributed by atoms with van der Waals surface area (Å²) in [5.74, 6) is 0. The van der Waals surface area contributed by atoms with Gasteiger partial charge in [0.25, 0.3) is 0 Å². The van der Waals surface area contributed by atoms with E-state index in [1.165, 1.54) is 0 Å². The highest BCUT2D eigenvalue weighted by atomic mass is 35.5. The number of hydrogen-bond acceptors (Lipinski definition) is 1. The van der Waals surface area contributed by atoms with Crippen molar-refractivity contribution in [3.05, 3.63) is 107 Å². The minimum Gasteiger partial charge on any atom is -0.375 e. The number of aliphatic hydroxyl groups is 1. The standard InChI is InChI=1S/C21H20ClNO/c22-20-13-7-8-17(14-20)15-23-16-21(24,18-9-3-1-4-10-18)19-11-5-2-6-12-19/h1-14,23-24H,15-16H2/p+1. The van der Waals surface area contributed by atoms with E-state index in [4.69, 9.17) is 11.6 Å². The Bertz CT molecular complexity index is 735. The van der Waals surface area contributed by atoms with Gasteiger partial charge in [-0.3, -0.25) is 0 Å². The number of hydrogen-bond donors (Lipinski definition) is 2. The van der Waals surface area contributed by atoms with Gasteiger partial charge in [0.1, 0.15) is 13.1 Å². The van der Waals surface area contributed by atoms with Gasteiger partial charge in [-0.05, 0) is 23.3 Å². The Morgan fingerprint density at radius 3 is 1.92 bits per heavy atom. The molecule has 2 nitrogen and oxygen atoms in total. The van der Waals surface area contributed by atoms with Gasteiger partial charge in [-0.1, -0.05) is 84.4 Å². The average Bonchev–Trinajstić information content (AvgIpc) is 2.63. The summed E-state index contributed by atoms with van der Waals surface area (Å²) in [6.45, 7) is 1.30. The summed E-state index contributed by atoms with van der Waals surface area (Å²) in [5.41, 5.74) is 1.92. The topological polar surface area (TPSA) is 36.8 Å². The van der Waals surface area contributed by atoms with Crippen LogP contribution in [0.1, 0.15) is 16.7 Å². The molecule has 0 amide bonds. The number of quaternary nitrogens is 1. The van der Waals surface area contributed by atoms with Crippen molar-refractivity contribution in [2.45, 2.75) is 12.1 Å². The molecule has 0 saturated carbocycles. The van der Waals surface area contributed by atoms with Gasteiger partial charge in [0.15, 0.2) is 5.60 Å². The zero-order valence-corrected chi connectivity index (χ0v) is 14.2. The molecule has 0 spiro atoms. The molecule has 0 aromatic heterocycles. The van der Waals surface area contributed by atoms with E-state index in [1.807, 2.05) is 84.9 Å². The molecule has 0 radical (unpaired) electrons. The summed E-state index contributed by atoms with van der Waals surface area (Å²) < 4.78 is 0. The Kier molecular flexibility index (Phi) is 5.31. The molecule has 3 rings (SSSR count). The molecule has 0 aliphatic rings. The molecule has 0 bridgehead atoms. The van der Waals surface area contributed by atoms with Gasteiger partial charge in [0, 0.05) is 10.6 Å². The number of halogens is 1. The van der Waals surface area contributed by atoms with Crippen LogP contribution in [-0.4, -0.2) is 11.7 Å². The zero-order chi connectivity index (χ0) is 16.8. The van der Waals surface area contributed by atoms with E-state index in [0.29, 0.717) is 6.54 Å². The molecule has 0 saturated heterocycles. The average molecular weight is 339 g/mol. The maximum absolute atomic E-state index is 11.4. The van der Waals surface area contributed by atoms with Crippen LogP contribution >= 0.6 is 11.6 Å². The van der Waals surface area contributed by atoms with E-state index in [0.717, 1.165) is 28.3 Å². The lowest BCUT2D eigenvalue weighted by molar-refractivity contribution is -0.682. The van der Waals surface area contributed by atoms with Crippen LogP contribution in [0.5, 0.6) is 0 Å². The Balaban J connectivity index is 1.81. The molecular weight excluding hydrogens is 318 g/mol. The second-order valence-electron chi connectivity index (χ2n) is 5.92. The molecule has 0 unspecified atom stereocenters. The van der Waals surface area contributed by atoms with Crippen molar-refractivity contribution in [1.29, 1.82) is 0 Å². The highest BCUT2D eigenvalue weighted by Gasteiger charge is 2.33. The molecule has 3 heteroatoms. The summed E-state index contributed by atoms with van der Waals surface area (Å²) in [4.78, 5) is 0. The minimum absolute atomic E-state index is 0.535. The molecule has 3 aromatic rings. The molecule has 3 aromatic carbocycles. The molecule has 24 heavy (non-hydrogen) atoms. The fraction of sp³-hybridized carbons (Fsp3) is 0.143. The predicted octanol–water partition coefficient (Wildman–Crippen LogP) is 3.34. The first-order chi connectivity index (χ1) is 11.7. The van der Waals surface area contributed by atoms with E-state index < -0.39 is 5.60 Å². The summed E-state index contributed by atoms with van der Waals surface area (Å²) in [5, 5.41) is 14.3. The maximum Gasteiger partial charge on any atom is 0.163 e. The van der Waals surface area contributed by atoms with Crippen molar-refractivity contribution in [3.8, 4) is 0 Å². The van der Waals surface area contributed by atoms with Crippen LogP contribution in [0, 0.1) is 0 Å². The van der Waals surface area contributed by atoms with E-state index in [9.17, 15) is 5.11 Å². The lowest BCUT2D eigenvalue weighted by Gasteiger charge is -2.27. The van der Waals surface area contributed by atoms with Gasteiger partial charge in [-0.25, -0.2) is 0 Å². The number of benzene rings is 3. The number of nitrogens with two attached hydrogens (primary N) is 1. The van der Waals surface area contributed by atoms with E-state index >= 15 is 0 Å². The van der Waals surface area contributed by atoms with E-state index in [1.54, 1.807) is 0 Å². The predicted molar refractivity (Wildman–Crippen MR) is 97.8 cm³/mol. The van der Waals surface area contributed by atoms with Crippen molar-refractivity contribution < 1.29 is 10.4 Å². The first-order valence-corrected chi connectivity index (χ1v) is 8.46. The molecule has 0 heterocycles. The van der Waals surface area contributed by atoms with Gasteiger partial charge in [-0.2, -0.15) is 0 Å². The van der Waals surface area contributed by atoms with Gasteiger partial charge in [-0.15, -0.1) is 0 Å². The summed E-state index contributed by atoms with van der Waals surface area (Å²) >= 11 is 6.04. The van der Waals surface area contributed by atoms with Gasteiger partial charge in [0.05, 0.1) is 0 Å². The normalized spacial score (nSPS) is 11.4. The molecule has 0 fully saturated rings. The summed E-state index contributed by atoms with van der Waals surface area (Å²) in [7, 11) is 0. The minimum atomic E-state index is -1.03. The van der Waals surface area contributed by atoms with Crippen LogP contribution in [0.3, 0.4) is 0 Å². The Labute approximate surface area is 147 Å². The summed E-state index contributed by atoms with van der Waals surface area (Å²) in [6.07, 6.45) is 0. The Morgan fingerprint density at radius 1 is 0.792 bits per heavy atom. The highest BCUT2D eigenvalue weighted by molar-refractivity contribution is 6.30. The monoisotopic (exact) mass is 338 g/mol. The molecule has 0 aliphatic carbocycles. The number of rotatable bonds is 6. The largest absolute Gasteiger partial charge is 0.375 e. The first kappa shape index (κ1) is 16.7. The highest BCUT2D eigenvalue weighted by Crippen LogP contribution is 2.27. The fourth-order valence-corrected chi connectivity index (χ4v) is 3.15. The molecule has 0 aliphatic heterocycles. The van der Waals surface area contributed by atoms with Crippen LogP contribution in [0.2, 0.25) is 5.02 Å². The molecule has 122 valence electrons. The molecule has 0 atom stereocenters. The fourth-order valence-electron chi connectivity index (χ4n) is 2.94. The van der Waals surface area contributed by atoms with E-state index in [2.05, 4.69) is 5.32 Å². The van der Waals surface area contributed by atoms with Crippen molar-refractivity contribution >= 4 is 11.6 Å². The quantitative estimate of drug-likeness (QED) is 0.710. The van der Waals surface area contributed by atoms with Crippen LogP contribution in [0.15, 0.2) is 84.9 Å². The first-order valence-electron chi connectivity index (χ1n) is 8.08. The van der Waals surface area contributed by atoms with Crippen molar-refractivity contribution in [2.24, 2.45) is 0 Å². The van der Waals surface area contributed by atoms with Crippen LogP contribution < -0.4 is 5.32 Å². The van der Waals surface area contributed by atoms with Crippen LogP contribution in [0.4, 0.5) is 0 Å². The lowest BCUT2D eigenvalue weighted by atomic mass is 9.86. The van der Waals surface area contributed by atoms with Crippen molar-refractivity contribution in [2.75, 3.05) is 6.54 Å². The van der Waals surface area contributed by atoms with E-state index in [-0.39, 0.29) is 0 Å². The van der Waals surface area contributed by atoms with Gasteiger partial charge >= 0.3 is 0 Å². The third-order valence-corrected chi connectivity index (χ3v) is 4.45.